The summed E-state index contributed by atoms with van der Waals surface area (Å²) in [5, 5.41) is 6.48. The molecule has 0 aliphatic carbocycles. The van der Waals surface area contributed by atoms with Crippen LogP contribution in [-0.2, 0) is 10.1 Å². The maximum absolute atomic E-state index is 12.5. The van der Waals surface area contributed by atoms with Gasteiger partial charge in [-0.05, 0) is 28.7 Å². The minimum absolute atomic E-state index is 0.0494. The Kier molecular flexibility index (Phi) is 6.96. The van der Waals surface area contributed by atoms with Gasteiger partial charge in [0.1, 0.15) is 4.90 Å². The SMILES string of the molecule is CCCC(C)(CC)C(C)(C)CNC(=O)Nc1ccc2ccccc2c1S(=O)(=O)O. The Hall–Kier alpha value is -2.12. The number of urea groups is 1. The average Bonchev–Trinajstić information content (AvgIpc) is 2.65. The second kappa shape index (κ2) is 8.71. The molecular formula is C22H32N2O4S. The lowest BCUT2D eigenvalue weighted by molar-refractivity contribution is 0.0732. The Bertz CT molecular complexity index is 985. The molecule has 160 valence electrons. The zero-order chi connectivity index (χ0) is 21.9. The normalized spacial score (nSPS) is 14.4. The molecule has 2 aromatic rings. The summed E-state index contributed by atoms with van der Waals surface area (Å²) >= 11 is 0. The number of anilines is 1. The van der Waals surface area contributed by atoms with E-state index in [-0.39, 0.29) is 21.4 Å². The van der Waals surface area contributed by atoms with Gasteiger partial charge >= 0.3 is 6.03 Å². The number of hydrogen-bond donors (Lipinski definition) is 3. The van der Waals surface area contributed by atoms with E-state index in [1.54, 1.807) is 30.3 Å². The molecule has 0 aliphatic rings. The molecule has 0 aliphatic heterocycles. The van der Waals surface area contributed by atoms with Gasteiger partial charge < -0.3 is 10.6 Å². The van der Waals surface area contributed by atoms with Crippen molar-refractivity contribution in [2.75, 3.05) is 11.9 Å². The van der Waals surface area contributed by atoms with Crippen LogP contribution in [-0.4, -0.2) is 25.5 Å². The summed E-state index contributed by atoms with van der Waals surface area (Å²) in [7, 11) is -4.53. The van der Waals surface area contributed by atoms with Crippen LogP contribution in [0.25, 0.3) is 10.8 Å². The molecule has 29 heavy (non-hydrogen) atoms. The summed E-state index contributed by atoms with van der Waals surface area (Å²) < 4.78 is 33.7. The first kappa shape index (κ1) is 23.2. The van der Waals surface area contributed by atoms with Gasteiger partial charge in [-0.3, -0.25) is 4.55 Å². The molecule has 3 N–H and O–H groups in total. The van der Waals surface area contributed by atoms with Gasteiger partial charge in [0.2, 0.25) is 0 Å². The number of hydrogen-bond acceptors (Lipinski definition) is 3. The van der Waals surface area contributed by atoms with Gasteiger partial charge in [-0.2, -0.15) is 8.42 Å². The molecule has 0 radical (unpaired) electrons. The second-order valence-corrected chi connectivity index (χ2v) is 9.85. The molecule has 0 fully saturated rings. The Labute approximate surface area is 173 Å². The van der Waals surface area contributed by atoms with Crippen LogP contribution in [0.4, 0.5) is 10.5 Å². The molecule has 0 aromatic heterocycles. The summed E-state index contributed by atoms with van der Waals surface area (Å²) in [6.45, 7) is 11.2. The summed E-state index contributed by atoms with van der Waals surface area (Å²) in [6.07, 6.45) is 3.11. The molecule has 1 atom stereocenters. The third kappa shape index (κ3) is 5.08. The van der Waals surface area contributed by atoms with Crippen molar-refractivity contribution in [1.29, 1.82) is 0 Å². The average molecular weight is 421 g/mol. The number of fused-ring (bicyclic) bond motifs is 1. The fraction of sp³-hybridized carbons (Fsp3) is 0.500. The zero-order valence-electron chi connectivity index (χ0n) is 17.9. The van der Waals surface area contributed by atoms with Crippen LogP contribution in [0.15, 0.2) is 41.3 Å². The largest absolute Gasteiger partial charge is 0.337 e. The van der Waals surface area contributed by atoms with Crippen molar-refractivity contribution in [1.82, 2.24) is 5.32 Å². The van der Waals surface area contributed by atoms with Crippen LogP contribution < -0.4 is 10.6 Å². The number of carbonyl (C=O) groups excluding carboxylic acids is 1. The lowest BCUT2D eigenvalue weighted by Gasteiger charge is -2.44. The van der Waals surface area contributed by atoms with Crippen LogP contribution in [0, 0.1) is 10.8 Å². The standard InChI is InChI=1S/C22H32N2O4S/c1-6-14-22(5,7-2)21(3,4)15-23-20(25)24-18-13-12-16-10-8-9-11-17(16)19(18)29(26,27)28/h8-13H,6-7,14-15H2,1-5H3,(H2,23,24,25)(H,26,27,28). The minimum Gasteiger partial charge on any atom is -0.337 e. The van der Waals surface area contributed by atoms with Gasteiger partial charge in [0.05, 0.1) is 5.69 Å². The molecule has 0 saturated heterocycles. The van der Waals surface area contributed by atoms with Gasteiger partial charge in [0.15, 0.2) is 0 Å². The van der Waals surface area contributed by atoms with E-state index < -0.39 is 16.1 Å². The van der Waals surface area contributed by atoms with Crippen molar-refractivity contribution < 1.29 is 17.8 Å². The van der Waals surface area contributed by atoms with Crippen LogP contribution in [0.5, 0.6) is 0 Å². The number of carbonyl (C=O) groups is 1. The summed E-state index contributed by atoms with van der Waals surface area (Å²) in [5.41, 5.74) is -0.0320. The van der Waals surface area contributed by atoms with Crippen molar-refractivity contribution in [2.24, 2.45) is 10.8 Å². The van der Waals surface area contributed by atoms with Crippen molar-refractivity contribution in [3.63, 3.8) is 0 Å². The highest BCUT2D eigenvalue weighted by atomic mass is 32.2. The molecule has 0 saturated carbocycles. The van der Waals surface area contributed by atoms with Crippen molar-refractivity contribution >= 4 is 32.6 Å². The molecule has 0 spiro atoms. The van der Waals surface area contributed by atoms with Gasteiger partial charge in [-0.1, -0.05) is 77.8 Å². The third-order valence-electron chi connectivity index (χ3n) is 6.29. The van der Waals surface area contributed by atoms with Crippen LogP contribution in [0.3, 0.4) is 0 Å². The fourth-order valence-corrected chi connectivity index (χ4v) is 4.71. The number of amides is 2. The maximum atomic E-state index is 12.5. The van der Waals surface area contributed by atoms with Gasteiger partial charge in [-0.25, -0.2) is 4.79 Å². The third-order valence-corrected chi connectivity index (χ3v) is 7.25. The predicted octanol–water partition coefficient (Wildman–Crippen LogP) is 5.45. The Balaban J connectivity index is 2.25. The highest BCUT2D eigenvalue weighted by Crippen LogP contribution is 2.44. The quantitative estimate of drug-likeness (QED) is 0.495. The molecular weight excluding hydrogens is 388 g/mol. The Morgan fingerprint density at radius 1 is 1.07 bits per heavy atom. The Morgan fingerprint density at radius 2 is 1.72 bits per heavy atom. The lowest BCUT2D eigenvalue weighted by atomic mass is 9.63. The number of rotatable bonds is 8. The topological polar surface area (TPSA) is 95.5 Å². The molecule has 2 amide bonds. The molecule has 2 aromatic carbocycles. The van der Waals surface area contributed by atoms with E-state index in [0.29, 0.717) is 17.3 Å². The number of nitrogens with one attached hydrogen (secondary N) is 2. The van der Waals surface area contributed by atoms with Crippen molar-refractivity contribution in [3.05, 3.63) is 36.4 Å². The predicted molar refractivity (Wildman–Crippen MR) is 118 cm³/mol. The Morgan fingerprint density at radius 3 is 2.31 bits per heavy atom. The summed E-state index contributed by atoms with van der Waals surface area (Å²) in [5.74, 6) is 0. The monoisotopic (exact) mass is 420 g/mol. The molecule has 6 nitrogen and oxygen atoms in total. The molecule has 0 heterocycles. The minimum atomic E-state index is -4.53. The van der Waals surface area contributed by atoms with Crippen molar-refractivity contribution in [3.8, 4) is 0 Å². The van der Waals surface area contributed by atoms with E-state index >= 15 is 0 Å². The van der Waals surface area contributed by atoms with E-state index in [2.05, 4.69) is 45.3 Å². The zero-order valence-corrected chi connectivity index (χ0v) is 18.7. The maximum Gasteiger partial charge on any atom is 0.319 e. The molecule has 1 unspecified atom stereocenters. The first-order chi connectivity index (χ1) is 13.4. The number of benzene rings is 2. The highest BCUT2D eigenvalue weighted by molar-refractivity contribution is 7.86. The smallest absolute Gasteiger partial charge is 0.319 e. The van der Waals surface area contributed by atoms with E-state index in [1.165, 1.54) is 6.07 Å². The first-order valence-corrected chi connectivity index (χ1v) is 11.4. The van der Waals surface area contributed by atoms with Gasteiger partial charge in [0, 0.05) is 11.9 Å². The van der Waals surface area contributed by atoms with Gasteiger partial charge in [-0.15, -0.1) is 0 Å². The van der Waals surface area contributed by atoms with E-state index in [0.717, 1.165) is 19.3 Å². The van der Waals surface area contributed by atoms with Crippen LogP contribution in [0.2, 0.25) is 0 Å². The fourth-order valence-electron chi connectivity index (χ4n) is 3.85. The second-order valence-electron chi connectivity index (χ2n) is 8.49. The van der Waals surface area contributed by atoms with Crippen LogP contribution >= 0.6 is 0 Å². The van der Waals surface area contributed by atoms with E-state index in [4.69, 9.17) is 0 Å². The molecule has 0 bridgehead atoms. The lowest BCUT2D eigenvalue weighted by Crippen LogP contribution is -2.45. The summed E-state index contributed by atoms with van der Waals surface area (Å²) in [6, 6.07) is 9.50. The first-order valence-electron chi connectivity index (χ1n) is 9.99. The molecule has 2 rings (SSSR count). The molecule has 7 heteroatoms. The van der Waals surface area contributed by atoms with Crippen molar-refractivity contribution in [2.45, 2.75) is 58.8 Å². The van der Waals surface area contributed by atoms with Gasteiger partial charge in [0.25, 0.3) is 10.1 Å². The van der Waals surface area contributed by atoms with E-state index in [1.807, 2.05) is 0 Å². The highest BCUT2D eigenvalue weighted by Gasteiger charge is 2.38. The van der Waals surface area contributed by atoms with E-state index in [9.17, 15) is 17.8 Å². The van der Waals surface area contributed by atoms with Crippen LogP contribution in [0.1, 0.15) is 53.9 Å². The summed E-state index contributed by atoms with van der Waals surface area (Å²) in [4.78, 5) is 12.3.